The summed E-state index contributed by atoms with van der Waals surface area (Å²) < 4.78 is 76.0. The van der Waals surface area contributed by atoms with Crippen molar-refractivity contribution in [2.45, 2.75) is 25.3 Å². The molecule has 0 saturated heterocycles. The largest absolute Gasteiger partial charge is 0.416 e. The quantitative estimate of drug-likeness (QED) is 0.580. The summed E-state index contributed by atoms with van der Waals surface area (Å²) in [5.74, 6) is 0. The zero-order valence-electron chi connectivity index (χ0n) is 11.1. The zero-order valence-corrected chi connectivity index (χ0v) is 12.0. The molecule has 0 aliphatic carbocycles. The van der Waals surface area contributed by atoms with Crippen LogP contribution in [-0.2, 0) is 12.4 Å². The number of halogens is 6. The fraction of sp³-hybridized carbons (Fsp3) is 0.417. The summed E-state index contributed by atoms with van der Waals surface area (Å²) in [6.07, 6.45) is -9.85. The minimum atomic E-state index is -4.93. The van der Waals surface area contributed by atoms with Crippen LogP contribution >= 0.6 is 12.2 Å². The van der Waals surface area contributed by atoms with E-state index in [0.717, 1.165) is 0 Å². The van der Waals surface area contributed by atoms with Gasteiger partial charge in [0.1, 0.15) is 0 Å². The third-order valence-electron chi connectivity index (χ3n) is 2.50. The lowest BCUT2D eigenvalue weighted by atomic mass is 10.1. The molecule has 22 heavy (non-hydrogen) atoms. The molecule has 1 rings (SSSR count). The topological polar surface area (TPSA) is 44.3 Å². The molecule has 0 bridgehead atoms. The van der Waals surface area contributed by atoms with Crippen LogP contribution in [0.4, 0.5) is 32.0 Å². The van der Waals surface area contributed by atoms with Gasteiger partial charge in [-0.05, 0) is 37.3 Å². The highest BCUT2D eigenvalue weighted by molar-refractivity contribution is 7.80. The lowest BCUT2D eigenvalue weighted by Gasteiger charge is -2.17. The van der Waals surface area contributed by atoms with Crippen LogP contribution < -0.4 is 10.6 Å². The lowest BCUT2D eigenvalue weighted by molar-refractivity contribution is -0.143. The molecule has 0 fully saturated rings. The number of hydrogen-bond donors (Lipinski definition) is 3. The molecule has 0 aromatic heterocycles. The van der Waals surface area contributed by atoms with Crippen molar-refractivity contribution in [2.75, 3.05) is 11.9 Å². The summed E-state index contributed by atoms with van der Waals surface area (Å²) in [5.41, 5.74) is -3.34. The molecule has 0 saturated carbocycles. The van der Waals surface area contributed by atoms with Gasteiger partial charge in [-0.1, -0.05) is 0 Å². The van der Waals surface area contributed by atoms with Crippen molar-refractivity contribution in [3.8, 4) is 0 Å². The molecule has 0 heterocycles. The number of rotatable bonds is 3. The number of aliphatic hydroxyl groups is 1. The van der Waals surface area contributed by atoms with Crippen LogP contribution in [0.3, 0.4) is 0 Å². The average Bonchev–Trinajstić information content (AvgIpc) is 2.35. The summed E-state index contributed by atoms with van der Waals surface area (Å²) in [7, 11) is 0. The Kier molecular flexibility index (Phi) is 5.63. The highest BCUT2D eigenvalue weighted by Gasteiger charge is 2.37. The fourth-order valence-corrected chi connectivity index (χ4v) is 1.78. The lowest BCUT2D eigenvalue weighted by Crippen LogP contribution is -2.38. The molecular weight excluding hydrogens is 334 g/mol. The second-order valence-electron chi connectivity index (χ2n) is 4.48. The summed E-state index contributed by atoms with van der Waals surface area (Å²) >= 11 is 4.76. The van der Waals surface area contributed by atoms with Gasteiger partial charge in [0.05, 0.1) is 17.7 Å². The standard InChI is InChI=1S/C12H12F6N2OS/c1-6(5-21)19-10(22)20-9-3-7(11(13,14)15)2-8(4-9)12(16,17)18/h2-4,6,21H,5H2,1H3,(H2,19,20,22)/t6-/m0/s1. The molecule has 10 heteroatoms. The first-order chi connectivity index (χ1) is 9.93. The van der Waals surface area contributed by atoms with Gasteiger partial charge in [-0.3, -0.25) is 0 Å². The highest BCUT2D eigenvalue weighted by Crippen LogP contribution is 2.37. The molecule has 1 aromatic rings. The maximum Gasteiger partial charge on any atom is 0.416 e. The van der Waals surface area contributed by atoms with Crippen LogP contribution in [-0.4, -0.2) is 22.9 Å². The maximum absolute atomic E-state index is 12.7. The second-order valence-corrected chi connectivity index (χ2v) is 4.88. The smallest absolute Gasteiger partial charge is 0.394 e. The molecule has 0 amide bonds. The van der Waals surface area contributed by atoms with Crippen LogP contribution in [0.1, 0.15) is 18.1 Å². The van der Waals surface area contributed by atoms with E-state index in [-0.39, 0.29) is 17.8 Å². The van der Waals surface area contributed by atoms with Gasteiger partial charge in [0.2, 0.25) is 0 Å². The van der Waals surface area contributed by atoms with Crippen LogP contribution in [0.15, 0.2) is 18.2 Å². The van der Waals surface area contributed by atoms with Crippen molar-refractivity contribution in [2.24, 2.45) is 0 Å². The molecule has 0 aliphatic rings. The molecule has 0 aliphatic heterocycles. The predicted molar refractivity (Wildman–Crippen MR) is 72.4 cm³/mol. The summed E-state index contributed by atoms with van der Waals surface area (Å²) in [5, 5.41) is 13.3. The van der Waals surface area contributed by atoms with Gasteiger partial charge in [-0.25, -0.2) is 0 Å². The average molecular weight is 346 g/mol. The number of anilines is 1. The summed E-state index contributed by atoms with van der Waals surface area (Å²) in [4.78, 5) is 0. The Hall–Kier alpha value is -1.55. The van der Waals surface area contributed by atoms with Gasteiger partial charge in [0.25, 0.3) is 0 Å². The van der Waals surface area contributed by atoms with Crippen LogP contribution in [0, 0.1) is 0 Å². The Labute approximate surface area is 127 Å². The van der Waals surface area contributed by atoms with Crippen molar-refractivity contribution in [1.29, 1.82) is 0 Å². The minimum Gasteiger partial charge on any atom is -0.394 e. The normalized spacial score (nSPS) is 13.6. The molecule has 3 N–H and O–H groups in total. The Morgan fingerprint density at radius 2 is 1.55 bits per heavy atom. The summed E-state index contributed by atoms with van der Waals surface area (Å²) in [6.45, 7) is 1.22. The number of hydrogen-bond acceptors (Lipinski definition) is 2. The molecular formula is C12H12F6N2OS. The Morgan fingerprint density at radius 3 is 1.91 bits per heavy atom. The first kappa shape index (κ1) is 18.5. The number of benzene rings is 1. The van der Waals surface area contributed by atoms with E-state index in [1.165, 1.54) is 6.92 Å². The van der Waals surface area contributed by atoms with Crippen molar-refractivity contribution < 1.29 is 31.4 Å². The molecule has 0 unspecified atom stereocenters. The van der Waals surface area contributed by atoms with Crippen molar-refractivity contribution in [3.05, 3.63) is 29.3 Å². The minimum absolute atomic E-state index is 0.0258. The van der Waals surface area contributed by atoms with Crippen LogP contribution in [0.5, 0.6) is 0 Å². The van der Waals surface area contributed by atoms with Gasteiger partial charge in [-0.2, -0.15) is 26.3 Å². The third kappa shape index (κ3) is 5.34. The van der Waals surface area contributed by atoms with Crippen molar-refractivity contribution in [3.63, 3.8) is 0 Å². The van der Waals surface area contributed by atoms with E-state index < -0.39 is 35.2 Å². The van der Waals surface area contributed by atoms with E-state index in [0.29, 0.717) is 12.1 Å². The molecule has 0 spiro atoms. The first-order valence-corrected chi connectivity index (χ1v) is 6.32. The van der Waals surface area contributed by atoms with Crippen molar-refractivity contribution in [1.82, 2.24) is 5.32 Å². The van der Waals surface area contributed by atoms with Crippen molar-refractivity contribution >= 4 is 23.0 Å². The van der Waals surface area contributed by atoms with E-state index in [1.54, 1.807) is 0 Å². The number of alkyl halides is 6. The van der Waals surface area contributed by atoms with Crippen LogP contribution in [0.25, 0.3) is 0 Å². The Balaban J connectivity index is 3.11. The van der Waals surface area contributed by atoms with Gasteiger partial charge >= 0.3 is 12.4 Å². The van der Waals surface area contributed by atoms with E-state index in [4.69, 9.17) is 17.3 Å². The fourth-order valence-electron chi connectivity index (χ4n) is 1.46. The van der Waals surface area contributed by atoms with Gasteiger partial charge in [-0.15, -0.1) is 0 Å². The van der Waals surface area contributed by atoms with Gasteiger partial charge in [0, 0.05) is 11.7 Å². The SMILES string of the molecule is C[C@@H](CO)NC(=S)Nc1cc(C(F)(F)F)cc(C(F)(F)F)c1. The molecule has 124 valence electrons. The van der Waals surface area contributed by atoms with E-state index in [2.05, 4.69) is 10.6 Å². The van der Waals surface area contributed by atoms with E-state index in [9.17, 15) is 26.3 Å². The van der Waals surface area contributed by atoms with Crippen LogP contribution in [0.2, 0.25) is 0 Å². The molecule has 0 radical (unpaired) electrons. The molecule has 3 nitrogen and oxygen atoms in total. The Bertz CT molecular complexity index is 511. The van der Waals surface area contributed by atoms with E-state index in [1.807, 2.05) is 0 Å². The maximum atomic E-state index is 12.7. The Morgan fingerprint density at radius 1 is 1.09 bits per heavy atom. The predicted octanol–water partition coefficient (Wildman–Crippen LogP) is 3.39. The second kappa shape index (κ2) is 6.69. The summed E-state index contributed by atoms with van der Waals surface area (Å²) in [6, 6.07) is 0.561. The van der Waals surface area contributed by atoms with Gasteiger partial charge in [0.15, 0.2) is 5.11 Å². The monoisotopic (exact) mass is 346 g/mol. The molecule has 1 aromatic carbocycles. The number of thiocarbonyl (C=S) groups is 1. The number of nitrogens with one attached hydrogen (secondary N) is 2. The molecule has 1 atom stereocenters. The van der Waals surface area contributed by atoms with E-state index >= 15 is 0 Å². The zero-order chi connectivity index (χ0) is 17.1. The third-order valence-corrected chi connectivity index (χ3v) is 2.72. The highest BCUT2D eigenvalue weighted by atomic mass is 32.1. The number of aliphatic hydroxyl groups excluding tert-OH is 1. The first-order valence-electron chi connectivity index (χ1n) is 5.91. The van der Waals surface area contributed by atoms with Gasteiger partial charge < -0.3 is 15.7 Å².